The number of nitrogens with one attached hydrogen (secondary N) is 1. The van der Waals surface area contributed by atoms with E-state index in [-0.39, 0.29) is 17.5 Å². The van der Waals surface area contributed by atoms with E-state index in [4.69, 9.17) is 5.73 Å². The normalized spacial score (nSPS) is 24.2. The third-order valence-corrected chi connectivity index (χ3v) is 4.50. The lowest BCUT2D eigenvalue weighted by molar-refractivity contribution is -0.122. The summed E-state index contributed by atoms with van der Waals surface area (Å²) in [5.74, 6) is 0.727. The minimum atomic E-state index is 0.0756. The van der Waals surface area contributed by atoms with Crippen LogP contribution in [0, 0.1) is 5.92 Å². The molecule has 2 aliphatic carbocycles. The number of carbonyl (C=O) groups excluding carboxylic acids is 1. The van der Waals surface area contributed by atoms with Gasteiger partial charge in [-0.15, -0.1) is 0 Å². The Morgan fingerprint density at radius 2 is 2.12 bits per heavy atom. The molecule has 0 aromatic rings. The molecule has 0 aromatic carbocycles. The maximum absolute atomic E-state index is 11.8. The van der Waals surface area contributed by atoms with Crippen LogP contribution in [-0.2, 0) is 4.79 Å². The summed E-state index contributed by atoms with van der Waals surface area (Å²) in [4.78, 5) is 14.0. The number of amides is 1. The standard InChI is InChI=1S/C13H25N3O/c1-16(2)13(6-3-7-13)9-15-12(17)8-11(14)10-4-5-10/h10-11H,3-9,14H2,1-2H3,(H,15,17). The summed E-state index contributed by atoms with van der Waals surface area (Å²) < 4.78 is 0. The van der Waals surface area contributed by atoms with E-state index >= 15 is 0 Å². The van der Waals surface area contributed by atoms with E-state index in [2.05, 4.69) is 24.3 Å². The van der Waals surface area contributed by atoms with Crippen LogP contribution in [0.15, 0.2) is 0 Å². The van der Waals surface area contributed by atoms with Crippen molar-refractivity contribution in [3.8, 4) is 0 Å². The summed E-state index contributed by atoms with van der Waals surface area (Å²) in [6.07, 6.45) is 6.56. The Labute approximate surface area is 104 Å². The van der Waals surface area contributed by atoms with Crippen molar-refractivity contribution < 1.29 is 4.79 Å². The van der Waals surface area contributed by atoms with E-state index in [9.17, 15) is 4.79 Å². The van der Waals surface area contributed by atoms with Crippen LogP contribution in [0.25, 0.3) is 0 Å². The first-order chi connectivity index (χ1) is 8.03. The van der Waals surface area contributed by atoms with E-state index in [1.807, 2.05) is 0 Å². The lowest BCUT2D eigenvalue weighted by atomic mass is 9.75. The van der Waals surface area contributed by atoms with Gasteiger partial charge in [-0.3, -0.25) is 4.79 Å². The predicted molar refractivity (Wildman–Crippen MR) is 68.6 cm³/mol. The highest BCUT2D eigenvalue weighted by molar-refractivity contribution is 5.76. The lowest BCUT2D eigenvalue weighted by Gasteiger charge is -2.47. The fourth-order valence-corrected chi connectivity index (χ4v) is 2.61. The molecule has 0 radical (unpaired) electrons. The molecule has 0 spiro atoms. The van der Waals surface area contributed by atoms with Crippen molar-refractivity contribution in [2.75, 3.05) is 20.6 Å². The monoisotopic (exact) mass is 239 g/mol. The van der Waals surface area contributed by atoms with Crippen molar-refractivity contribution in [1.82, 2.24) is 10.2 Å². The van der Waals surface area contributed by atoms with Gasteiger partial charge < -0.3 is 16.0 Å². The van der Waals surface area contributed by atoms with Crippen molar-refractivity contribution in [2.45, 2.75) is 50.1 Å². The Morgan fingerprint density at radius 3 is 2.53 bits per heavy atom. The fraction of sp³-hybridized carbons (Fsp3) is 0.923. The molecular formula is C13H25N3O. The van der Waals surface area contributed by atoms with Gasteiger partial charge in [0.25, 0.3) is 0 Å². The first kappa shape index (κ1) is 12.8. The van der Waals surface area contributed by atoms with Crippen molar-refractivity contribution >= 4 is 5.91 Å². The van der Waals surface area contributed by atoms with Gasteiger partial charge in [-0.1, -0.05) is 0 Å². The molecule has 98 valence electrons. The minimum absolute atomic E-state index is 0.0756. The highest BCUT2D eigenvalue weighted by Gasteiger charge is 2.39. The van der Waals surface area contributed by atoms with Crippen LogP contribution >= 0.6 is 0 Å². The van der Waals surface area contributed by atoms with Crippen molar-refractivity contribution in [3.63, 3.8) is 0 Å². The number of rotatable bonds is 6. The van der Waals surface area contributed by atoms with E-state index in [1.54, 1.807) is 0 Å². The number of nitrogens with two attached hydrogens (primary N) is 1. The Kier molecular flexibility index (Phi) is 3.73. The molecule has 1 atom stereocenters. The fourth-order valence-electron chi connectivity index (χ4n) is 2.61. The average molecular weight is 239 g/mol. The maximum atomic E-state index is 11.8. The van der Waals surface area contributed by atoms with Gasteiger partial charge in [0.1, 0.15) is 0 Å². The smallest absolute Gasteiger partial charge is 0.221 e. The Hall–Kier alpha value is -0.610. The van der Waals surface area contributed by atoms with Gasteiger partial charge in [0.15, 0.2) is 0 Å². The van der Waals surface area contributed by atoms with E-state index in [0.29, 0.717) is 12.3 Å². The second-order valence-electron chi connectivity index (χ2n) is 5.95. The highest BCUT2D eigenvalue weighted by atomic mass is 16.1. The molecular weight excluding hydrogens is 214 g/mol. The van der Waals surface area contributed by atoms with Crippen LogP contribution in [0.3, 0.4) is 0 Å². The van der Waals surface area contributed by atoms with Crippen LogP contribution in [0.5, 0.6) is 0 Å². The van der Waals surface area contributed by atoms with Crippen LogP contribution in [0.4, 0.5) is 0 Å². The largest absolute Gasteiger partial charge is 0.354 e. The van der Waals surface area contributed by atoms with Crippen LogP contribution in [-0.4, -0.2) is 43.0 Å². The Balaban J connectivity index is 1.71. The molecule has 0 bridgehead atoms. The molecule has 1 amide bonds. The number of nitrogens with zero attached hydrogens (tertiary/aromatic N) is 1. The molecule has 0 saturated heterocycles. The van der Waals surface area contributed by atoms with E-state index < -0.39 is 0 Å². The SMILES string of the molecule is CN(C)C1(CNC(=O)CC(N)C2CC2)CCC1. The summed E-state index contributed by atoms with van der Waals surface area (Å²) in [6.45, 7) is 0.774. The second-order valence-corrected chi connectivity index (χ2v) is 5.95. The first-order valence-electron chi connectivity index (χ1n) is 6.73. The molecule has 2 rings (SSSR count). The van der Waals surface area contributed by atoms with Crippen molar-refractivity contribution in [1.29, 1.82) is 0 Å². The summed E-state index contributed by atoms with van der Waals surface area (Å²) in [7, 11) is 4.20. The third-order valence-electron chi connectivity index (χ3n) is 4.50. The van der Waals surface area contributed by atoms with Crippen LogP contribution in [0.2, 0.25) is 0 Å². The zero-order chi connectivity index (χ0) is 12.5. The first-order valence-corrected chi connectivity index (χ1v) is 6.73. The van der Waals surface area contributed by atoms with Crippen LogP contribution in [0.1, 0.15) is 38.5 Å². The second kappa shape index (κ2) is 4.94. The van der Waals surface area contributed by atoms with Gasteiger partial charge in [0.2, 0.25) is 5.91 Å². The quantitative estimate of drug-likeness (QED) is 0.718. The van der Waals surface area contributed by atoms with Gasteiger partial charge in [0.05, 0.1) is 0 Å². The van der Waals surface area contributed by atoms with Gasteiger partial charge in [-0.25, -0.2) is 0 Å². The van der Waals surface area contributed by atoms with Gasteiger partial charge in [-0.05, 0) is 52.1 Å². The summed E-state index contributed by atoms with van der Waals surface area (Å²) >= 11 is 0. The maximum Gasteiger partial charge on any atom is 0.221 e. The molecule has 2 saturated carbocycles. The number of hydrogen-bond donors (Lipinski definition) is 2. The van der Waals surface area contributed by atoms with Crippen molar-refractivity contribution in [3.05, 3.63) is 0 Å². The molecule has 17 heavy (non-hydrogen) atoms. The molecule has 1 unspecified atom stereocenters. The van der Waals surface area contributed by atoms with Crippen molar-refractivity contribution in [2.24, 2.45) is 11.7 Å². The Bertz CT molecular complexity index is 282. The summed E-state index contributed by atoms with van der Waals surface area (Å²) in [5, 5.41) is 3.06. The Morgan fingerprint density at radius 1 is 1.47 bits per heavy atom. The zero-order valence-corrected chi connectivity index (χ0v) is 11.0. The third kappa shape index (κ3) is 2.99. The van der Waals surface area contributed by atoms with Gasteiger partial charge in [-0.2, -0.15) is 0 Å². The highest BCUT2D eigenvalue weighted by Crippen LogP contribution is 2.35. The summed E-state index contributed by atoms with van der Waals surface area (Å²) in [5.41, 5.74) is 6.16. The molecule has 4 nitrogen and oxygen atoms in total. The van der Waals surface area contributed by atoms with Gasteiger partial charge >= 0.3 is 0 Å². The summed E-state index contributed by atoms with van der Waals surface area (Å²) in [6, 6.07) is 0.0756. The number of carbonyl (C=O) groups is 1. The molecule has 0 aliphatic heterocycles. The average Bonchev–Trinajstić information content (AvgIpc) is 2.97. The number of likely N-dealkylation sites (N-methyl/N-ethyl adjacent to an activating group) is 1. The zero-order valence-electron chi connectivity index (χ0n) is 11.0. The molecule has 0 heterocycles. The van der Waals surface area contributed by atoms with Crippen LogP contribution < -0.4 is 11.1 Å². The lowest BCUT2D eigenvalue weighted by Crippen LogP contribution is -2.57. The van der Waals surface area contributed by atoms with E-state index in [1.165, 1.54) is 32.1 Å². The molecule has 4 heteroatoms. The predicted octanol–water partition coefficient (Wildman–Crippen LogP) is 0.714. The topological polar surface area (TPSA) is 58.4 Å². The van der Waals surface area contributed by atoms with Gasteiger partial charge in [0, 0.05) is 24.5 Å². The van der Waals surface area contributed by atoms with E-state index in [0.717, 1.165) is 6.54 Å². The minimum Gasteiger partial charge on any atom is -0.354 e. The molecule has 0 aromatic heterocycles. The number of hydrogen-bond acceptors (Lipinski definition) is 3. The molecule has 2 fully saturated rings. The molecule has 2 aliphatic rings. The molecule has 3 N–H and O–H groups in total.